The minimum absolute atomic E-state index is 0.00544. The van der Waals surface area contributed by atoms with Gasteiger partial charge in [0.2, 0.25) is 10.0 Å². The average Bonchev–Trinajstić information content (AvgIpc) is 3.24. The lowest BCUT2D eigenvalue weighted by Crippen LogP contribution is -2.32. The van der Waals surface area contributed by atoms with Crippen LogP contribution in [0.3, 0.4) is 0 Å². The van der Waals surface area contributed by atoms with Crippen molar-refractivity contribution in [1.82, 2.24) is 4.72 Å². The summed E-state index contributed by atoms with van der Waals surface area (Å²) in [7, 11) is -2.60. The molecule has 1 aliphatic rings. The molecule has 1 fully saturated rings. The highest BCUT2D eigenvalue weighted by atomic mass is 35.5. The van der Waals surface area contributed by atoms with Gasteiger partial charge in [-0.3, -0.25) is 0 Å². The lowest BCUT2D eigenvalue weighted by molar-refractivity contribution is 0.0472. The van der Waals surface area contributed by atoms with E-state index in [4.69, 9.17) is 25.8 Å². The zero-order chi connectivity index (χ0) is 21.7. The summed E-state index contributed by atoms with van der Waals surface area (Å²) in [6.45, 7) is 0.532. The maximum absolute atomic E-state index is 13.7. The standard InChI is InChI=1S/C20H21ClFNO6S/c1-27-18-7-4-13(9-17(18)22)12-29-20(24)14-5-6-16(21)19(10-14)30(25,26)23-11-15-3-2-8-28-15/h4-7,9-10,15,23H,2-3,8,11-12H2,1H3. The van der Waals surface area contributed by atoms with E-state index in [1.54, 1.807) is 6.07 Å². The van der Waals surface area contributed by atoms with Gasteiger partial charge in [0.15, 0.2) is 11.6 Å². The SMILES string of the molecule is COc1ccc(COC(=O)c2ccc(Cl)c(S(=O)(=O)NCC3CCCO3)c2)cc1F. The number of rotatable bonds is 8. The second-order valence-corrected chi connectivity index (χ2v) is 8.82. The Balaban J connectivity index is 1.68. The van der Waals surface area contributed by atoms with E-state index < -0.39 is 21.8 Å². The summed E-state index contributed by atoms with van der Waals surface area (Å²) in [4.78, 5) is 12.1. The van der Waals surface area contributed by atoms with Crippen molar-refractivity contribution < 1.29 is 31.8 Å². The number of esters is 1. The number of nitrogens with one attached hydrogen (secondary N) is 1. The molecule has 0 amide bonds. The molecule has 0 spiro atoms. The Bertz CT molecular complexity index is 1020. The van der Waals surface area contributed by atoms with Crippen LogP contribution in [0.4, 0.5) is 4.39 Å². The summed E-state index contributed by atoms with van der Waals surface area (Å²) in [5.74, 6) is -1.27. The van der Waals surface area contributed by atoms with Crippen LogP contribution >= 0.6 is 11.6 Å². The van der Waals surface area contributed by atoms with Crippen molar-refractivity contribution in [3.63, 3.8) is 0 Å². The Morgan fingerprint density at radius 1 is 1.30 bits per heavy atom. The maximum atomic E-state index is 13.7. The third kappa shape index (κ3) is 5.48. The van der Waals surface area contributed by atoms with Crippen LogP contribution in [0.15, 0.2) is 41.3 Å². The number of ether oxygens (including phenoxy) is 3. The van der Waals surface area contributed by atoms with Crippen molar-refractivity contribution in [3.8, 4) is 5.75 Å². The fourth-order valence-corrected chi connectivity index (χ4v) is 4.54. The first kappa shape index (κ1) is 22.5. The quantitative estimate of drug-likeness (QED) is 0.611. The second kappa shape index (κ2) is 9.74. The molecule has 0 radical (unpaired) electrons. The molecule has 1 aliphatic heterocycles. The van der Waals surface area contributed by atoms with Gasteiger partial charge in [-0.1, -0.05) is 17.7 Å². The van der Waals surface area contributed by atoms with Crippen LogP contribution in [0.1, 0.15) is 28.8 Å². The smallest absolute Gasteiger partial charge is 0.338 e. The van der Waals surface area contributed by atoms with Crippen LogP contribution in [0.2, 0.25) is 5.02 Å². The molecule has 0 bridgehead atoms. The lowest BCUT2D eigenvalue weighted by atomic mass is 10.2. The van der Waals surface area contributed by atoms with Gasteiger partial charge >= 0.3 is 5.97 Å². The maximum Gasteiger partial charge on any atom is 0.338 e. The van der Waals surface area contributed by atoms with E-state index in [2.05, 4.69) is 4.72 Å². The van der Waals surface area contributed by atoms with Gasteiger partial charge in [0.1, 0.15) is 11.5 Å². The number of hydrogen-bond acceptors (Lipinski definition) is 6. The molecule has 1 unspecified atom stereocenters. The van der Waals surface area contributed by atoms with Gasteiger partial charge in [0.05, 0.1) is 23.8 Å². The highest BCUT2D eigenvalue weighted by molar-refractivity contribution is 7.89. The van der Waals surface area contributed by atoms with Crippen molar-refractivity contribution in [2.24, 2.45) is 0 Å². The van der Waals surface area contributed by atoms with Gasteiger partial charge in [0, 0.05) is 13.2 Å². The van der Waals surface area contributed by atoms with E-state index in [1.807, 2.05) is 0 Å². The first-order valence-corrected chi connectivity index (χ1v) is 11.1. The fraction of sp³-hybridized carbons (Fsp3) is 0.350. The van der Waals surface area contributed by atoms with Gasteiger partial charge in [-0.15, -0.1) is 0 Å². The van der Waals surface area contributed by atoms with E-state index >= 15 is 0 Å². The molecule has 1 saturated heterocycles. The normalized spacial score (nSPS) is 16.4. The predicted octanol–water partition coefficient (Wildman–Crippen LogP) is 3.30. The van der Waals surface area contributed by atoms with Crippen molar-refractivity contribution in [2.75, 3.05) is 20.3 Å². The molecule has 7 nitrogen and oxygen atoms in total. The van der Waals surface area contributed by atoms with Gasteiger partial charge in [-0.05, 0) is 48.7 Å². The average molecular weight is 458 g/mol. The Hall–Kier alpha value is -2.20. The van der Waals surface area contributed by atoms with Crippen LogP contribution in [-0.4, -0.2) is 40.8 Å². The second-order valence-electron chi connectivity index (χ2n) is 6.68. The van der Waals surface area contributed by atoms with Crippen LogP contribution in [0, 0.1) is 5.82 Å². The van der Waals surface area contributed by atoms with E-state index in [-0.39, 0.29) is 40.5 Å². The van der Waals surface area contributed by atoms with Crippen LogP contribution in [-0.2, 0) is 26.1 Å². The molecule has 1 N–H and O–H groups in total. The van der Waals surface area contributed by atoms with Gasteiger partial charge < -0.3 is 14.2 Å². The molecule has 1 heterocycles. The Morgan fingerprint density at radius 3 is 2.77 bits per heavy atom. The number of sulfonamides is 1. The van der Waals surface area contributed by atoms with E-state index in [0.29, 0.717) is 12.2 Å². The van der Waals surface area contributed by atoms with E-state index in [1.165, 1.54) is 31.4 Å². The van der Waals surface area contributed by atoms with Crippen molar-refractivity contribution >= 4 is 27.6 Å². The van der Waals surface area contributed by atoms with Crippen LogP contribution < -0.4 is 9.46 Å². The molecule has 0 aliphatic carbocycles. The molecule has 162 valence electrons. The highest BCUT2D eigenvalue weighted by Crippen LogP contribution is 2.24. The monoisotopic (exact) mass is 457 g/mol. The van der Waals surface area contributed by atoms with Crippen molar-refractivity contribution in [1.29, 1.82) is 0 Å². The van der Waals surface area contributed by atoms with Crippen LogP contribution in [0.25, 0.3) is 0 Å². The van der Waals surface area contributed by atoms with Crippen LogP contribution in [0.5, 0.6) is 5.75 Å². The minimum atomic E-state index is -3.95. The first-order chi connectivity index (χ1) is 14.3. The number of halogens is 2. The molecule has 1 atom stereocenters. The van der Waals surface area contributed by atoms with E-state index in [9.17, 15) is 17.6 Å². The molecule has 0 aromatic heterocycles. The summed E-state index contributed by atoms with van der Waals surface area (Å²) in [6, 6.07) is 7.99. The number of hydrogen-bond donors (Lipinski definition) is 1. The zero-order valence-corrected chi connectivity index (χ0v) is 17.8. The number of carbonyl (C=O) groups is 1. The molecule has 0 saturated carbocycles. The lowest BCUT2D eigenvalue weighted by Gasteiger charge is -2.13. The molecule has 10 heteroatoms. The minimum Gasteiger partial charge on any atom is -0.494 e. The summed E-state index contributed by atoms with van der Waals surface area (Å²) in [6.07, 6.45) is 1.47. The highest BCUT2D eigenvalue weighted by Gasteiger charge is 2.23. The fourth-order valence-electron chi connectivity index (χ4n) is 2.95. The van der Waals surface area contributed by atoms with Crippen molar-refractivity contribution in [2.45, 2.75) is 30.4 Å². The third-order valence-electron chi connectivity index (χ3n) is 4.57. The molecule has 2 aromatic rings. The summed E-state index contributed by atoms with van der Waals surface area (Å²) in [5.41, 5.74) is 0.424. The molecular weight excluding hydrogens is 437 g/mol. The Labute approximate surface area is 179 Å². The zero-order valence-electron chi connectivity index (χ0n) is 16.2. The third-order valence-corrected chi connectivity index (χ3v) is 6.47. The Morgan fingerprint density at radius 2 is 2.10 bits per heavy atom. The first-order valence-electron chi connectivity index (χ1n) is 9.20. The topological polar surface area (TPSA) is 90.9 Å². The van der Waals surface area contributed by atoms with Gasteiger partial charge in [0.25, 0.3) is 0 Å². The van der Waals surface area contributed by atoms with E-state index in [0.717, 1.165) is 18.9 Å². The summed E-state index contributed by atoms with van der Waals surface area (Å²) >= 11 is 6.04. The molecular formula is C20H21ClFNO6S. The summed E-state index contributed by atoms with van der Waals surface area (Å²) in [5, 5.41) is -0.0244. The number of benzene rings is 2. The predicted molar refractivity (Wildman–Crippen MR) is 108 cm³/mol. The number of methoxy groups -OCH3 is 1. The van der Waals surface area contributed by atoms with Gasteiger partial charge in [-0.25, -0.2) is 22.3 Å². The number of carbonyl (C=O) groups excluding carboxylic acids is 1. The summed E-state index contributed by atoms with van der Waals surface area (Å²) < 4.78 is 56.8. The Kier molecular flexibility index (Phi) is 7.30. The van der Waals surface area contributed by atoms with Gasteiger partial charge in [-0.2, -0.15) is 0 Å². The largest absolute Gasteiger partial charge is 0.494 e. The molecule has 2 aromatic carbocycles. The van der Waals surface area contributed by atoms with Crippen molar-refractivity contribution in [3.05, 3.63) is 58.4 Å². The molecule has 30 heavy (non-hydrogen) atoms. The molecule has 3 rings (SSSR count).